The lowest BCUT2D eigenvalue weighted by Gasteiger charge is -2.18. The van der Waals surface area contributed by atoms with Crippen LogP contribution in [-0.4, -0.2) is 0 Å². The van der Waals surface area contributed by atoms with Gasteiger partial charge in [-0.15, -0.1) is 0 Å². The van der Waals surface area contributed by atoms with Gasteiger partial charge < -0.3 is 4.74 Å². The first kappa shape index (κ1) is 7.41. The van der Waals surface area contributed by atoms with E-state index in [1.165, 1.54) is 5.56 Å². The van der Waals surface area contributed by atoms with Gasteiger partial charge in [-0.1, -0.05) is 25.1 Å². The fourth-order valence-corrected chi connectivity index (χ4v) is 1.46. The van der Waals surface area contributed by atoms with Crippen molar-refractivity contribution in [3.05, 3.63) is 49.1 Å². The smallest absolute Gasteiger partial charge is 0.130 e. The molecule has 2 rings (SSSR count). The molecule has 1 aromatic carbocycles. The quantitative estimate of drug-likeness (QED) is 0.612. The highest BCUT2D eigenvalue weighted by Crippen LogP contribution is 2.32. The fourth-order valence-electron chi connectivity index (χ4n) is 1.46. The molecule has 0 saturated carbocycles. The highest BCUT2D eigenvalue weighted by atomic mass is 16.5. The van der Waals surface area contributed by atoms with Crippen LogP contribution in [0.4, 0.5) is 0 Å². The average Bonchev–Trinajstić information content (AvgIpc) is 2.17. The van der Waals surface area contributed by atoms with Crippen LogP contribution in [0.15, 0.2) is 36.6 Å². The number of fused-ring (bicyclic) bond motifs is 1. The summed E-state index contributed by atoms with van der Waals surface area (Å²) in [5, 5.41) is 0. The van der Waals surface area contributed by atoms with Gasteiger partial charge >= 0.3 is 0 Å². The molecule has 1 heterocycles. The van der Waals surface area contributed by atoms with E-state index in [-0.39, 0.29) is 0 Å². The van der Waals surface area contributed by atoms with Gasteiger partial charge in [0.25, 0.3) is 0 Å². The molecule has 0 N–H and O–H groups in total. The Balaban J connectivity index is 2.43. The molecule has 0 aromatic heterocycles. The van der Waals surface area contributed by atoms with Crippen LogP contribution in [0.5, 0.6) is 5.75 Å². The van der Waals surface area contributed by atoms with Gasteiger partial charge in [0.1, 0.15) is 5.75 Å². The fraction of sp³-hybridized carbons (Fsp3) is 0.182. The summed E-state index contributed by atoms with van der Waals surface area (Å²) < 4.78 is 5.35. The van der Waals surface area contributed by atoms with Crippen LogP contribution >= 0.6 is 0 Å². The molecule has 12 heavy (non-hydrogen) atoms. The molecule has 0 fully saturated rings. The normalized spacial score (nSPS) is 19.9. The molecule has 1 aliphatic heterocycles. The van der Waals surface area contributed by atoms with Crippen LogP contribution in [0.1, 0.15) is 17.9 Å². The summed E-state index contributed by atoms with van der Waals surface area (Å²) in [6.07, 6.45) is 4.68. The molecule has 1 radical (unpaired) electrons. The second-order valence-electron chi connectivity index (χ2n) is 2.88. The van der Waals surface area contributed by atoms with Gasteiger partial charge in [0.05, 0.1) is 6.26 Å². The number of benzene rings is 1. The maximum atomic E-state index is 5.35. The second kappa shape index (κ2) is 3.02. The summed E-state index contributed by atoms with van der Waals surface area (Å²) >= 11 is 0. The molecule has 0 aliphatic carbocycles. The Bertz CT molecular complexity index is 302. The zero-order chi connectivity index (χ0) is 8.39. The van der Waals surface area contributed by atoms with E-state index in [9.17, 15) is 0 Å². The number of hydrogen-bond acceptors (Lipinski definition) is 1. The molecule has 1 unspecified atom stereocenters. The molecule has 0 spiro atoms. The van der Waals surface area contributed by atoms with E-state index < -0.39 is 0 Å². The minimum atomic E-state index is 0.426. The molecule has 0 saturated heterocycles. The van der Waals surface area contributed by atoms with Crippen LogP contribution in [0.3, 0.4) is 0 Å². The van der Waals surface area contributed by atoms with Crippen LogP contribution < -0.4 is 4.74 Å². The minimum absolute atomic E-state index is 0.426. The van der Waals surface area contributed by atoms with Crippen molar-refractivity contribution in [3.63, 3.8) is 0 Å². The lowest BCUT2D eigenvalue weighted by Crippen LogP contribution is -2.02. The Hall–Kier alpha value is -1.24. The lowest BCUT2D eigenvalue weighted by molar-refractivity contribution is 0.453. The van der Waals surface area contributed by atoms with Crippen LogP contribution in [0.2, 0.25) is 0 Å². The van der Waals surface area contributed by atoms with E-state index in [4.69, 9.17) is 4.74 Å². The van der Waals surface area contributed by atoms with Crippen molar-refractivity contribution in [1.29, 1.82) is 0 Å². The van der Waals surface area contributed by atoms with Gasteiger partial charge in [0.2, 0.25) is 0 Å². The van der Waals surface area contributed by atoms with Crippen molar-refractivity contribution in [3.8, 4) is 5.75 Å². The summed E-state index contributed by atoms with van der Waals surface area (Å²) in [7, 11) is 0. The summed E-state index contributed by atoms with van der Waals surface area (Å²) in [6, 6.07) is 8.10. The van der Waals surface area contributed by atoms with E-state index in [0.29, 0.717) is 5.92 Å². The average molecular weight is 159 g/mol. The molecule has 0 bridgehead atoms. The number of hydrogen-bond donors (Lipinski definition) is 0. The number of ether oxygens (including phenoxy) is 1. The van der Waals surface area contributed by atoms with Crippen molar-refractivity contribution < 1.29 is 4.74 Å². The topological polar surface area (TPSA) is 9.23 Å². The first-order valence-corrected chi connectivity index (χ1v) is 4.13. The monoisotopic (exact) mass is 159 g/mol. The van der Waals surface area contributed by atoms with E-state index >= 15 is 0 Å². The SMILES string of the molecule is [CH2]CC1C=COc2ccccc21. The highest BCUT2D eigenvalue weighted by Gasteiger charge is 2.14. The van der Waals surface area contributed by atoms with E-state index in [1.54, 1.807) is 6.26 Å². The zero-order valence-electron chi connectivity index (χ0n) is 6.86. The highest BCUT2D eigenvalue weighted by molar-refractivity contribution is 5.40. The Kier molecular flexibility index (Phi) is 1.86. The predicted molar refractivity (Wildman–Crippen MR) is 48.9 cm³/mol. The lowest BCUT2D eigenvalue weighted by atomic mass is 9.94. The maximum absolute atomic E-state index is 5.35. The number of allylic oxidation sites excluding steroid dienone is 1. The molecule has 1 aliphatic rings. The molecule has 1 aromatic rings. The van der Waals surface area contributed by atoms with Crippen molar-refractivity contribution >= 4 is 0 Å². The molecule has 1 heteroatoms. The maximum Gasteiger partial charge on any atom is 0.130 e. The third-order valence-corrected chi connectivity index (χ3v) is 2.14. The molecule has 0 amide bonds. The van der Waals surface area contributed by atoms with Crippen LogP contribution in [0.25, 0.3) is 0 Å². The van der Waals surface area contributed by atoms with E-state index in [1.807, 2.05) is 18.2 Å². The molecular formula is C11H11O. The molecule has 1 atom stereocenters. The van der Waals surface area contributed by atoms with Gasteiger partial charge in [0.15, 0.2) is 0 Å². The third-order valence-electron chi connectivity index (χ3n) is 2.14. The zero-order valence-corrected chi connectivity index (χ0v) is 6.86. The number of rotatable bonds is 1. The van der Waals surface area contributed by atoms with Crippen molar-refractivity contribution in [2.24, 2.45) is 0 Å². The first-order chi connectivity index (χ1) is 5.92. The van der Waals surface area contributed by atoms with Gasteiger partial charge in [-0.3, -0.25) is 0 Å². The van der Waals surface area contributed by atoms with Gasteiger partial charge in [0, 0.05) is 11.5 Å². The Morgan fingerprint density at radius 1 is 1.33 bits per heavy atom. The van der Waals surface area contributed by atoms with Gasteiger partial charge in [-0.25, -0.2) is 0 Å². The molecule has 61 valence electrons. The van der Waals surface area contributed by atoms with Crippen LogP contribution in [-0.2, 0) is 0 Å². The summed E-state index contributed by atoms with van der Waals surface area (Å²) in [4.78, 5) is 0. The standard InChI is InChI=1S/C11H11O/c1-2-9-7-8-12-11-6-4-3-5-10(9)11/h3-9H,1-2H2. The van der Waals surface area contributed by atoms with Crippen molar-refractivity contribution in [2.45, 2.75) is 12.3 Å². The second-order valence-corrected chi connectivity index (χ2v) is 2.88. The predicted octanol–water partition coefficient (Wildman–Crippen LogP) is 2.90. The van der Waals surface area contributed by atoms with Gasteiger partial charge in [-0.2, -0.15) is 0 Å². The Labute approximate surface area is 72.7 Å². The van der Waals surface area contributed by atoms with E-state index in [2.05, 4.69) is 19.1 Å². The molecule has 1 nitrogen and oxygen atoms in total. The molecular weight excluding hydrogens is 148 g/mol. The largest absolute Gasteiger partial charge is 0.465 e. The van der Waals surface area contributed by atoms with Crippen LogP contribution in [0, 0.1) is 6.92 Å². The Morgan fingerprint density at radius 3 is 3.00 bits per heavy atom. The number of para-hydroxylation sites is 1. The third kappa shape index (κ3) is 1.11. The summed E-state index contributed by atoms with van der Waals surface area (Å²) in [6.45, 7) is 3.90. The first-order valence-electron chi connectivity index (χ1n) is 4.13. The van der Waals surface area contributed by atoms with Crippen molar-refractivity contribution in [1.82, 2.24) is 0 Å². The Morgan fingerprint density at radius 2 is 2.17 bits per heavy atom. The van der Waals surface area contributed by atoms with Crippen molar-refractivity contribution in [2.75, 3.05) is 0 Å². The van der Waals surface area contributed by atoms with E-state index in [0.717, 1.165) is 12.2 Å². The minimum Gasteiger partial charge on any atom is -0.465 e. The summed E-state index contributed by atoms with van der Waals surface area (Å²) in [5.74, 6) is 1.39. The summed E-state index contributed by atoms with van der Waals surface area (Å²) in [5.41, 5.74) is 1.25. The van der Waals surface area contributed by atoms with Gasteiger partial charge in [-0.05, 0) is 18.6 Å².